The second-order valence-electron chi connectivity index (χ2n) is 9.92. The van der Waals surface area contributed by atoms with Crippen LogP contribution in [-0.4, -0.2) is 85.6 Å². The van der Waals surface area contributed by atoms with E-state index in [1.807, 2.05) is 20.8 Å². The average molecular weight is 543 g/mol. The minimum absolute atomic E-state index is 0.0900. The van der Waals surface area contributed by atoms with E-state index in [9.17, 15) is 14.0 Å². The van der Waals surface area contributed by atoms with Crippen molar-refractivity contribution in [2.75, 3.05) is 26.8 Å². The quantitative estimate of drug-likeness (QED) is 0.471. The summed E-state index contributed by atoms with van der Waals surface area (Å²) in [5.41, 5.74) is 0.508. The Morgan fingerprint density at radius 2 is 2.03 bits per heavy atom. The molecule has 0 aliphatic carbocycles. The van der Waals surface area contributed by atoms with E-state index in [1.54, 1.807) is 17.9 Å². The number of hydrogen-bond acceptors (Lipinski definition) is 10. The van der Waals surface area contributed by atoms with Crippen LogP contribution in [0.2, 0.25) is 0 Å². The van der Waals surface area contributed by atoms with Gasteiger partial charge >= 0.3 is 6.09 Å². The minimum atomic E-state index is -0.590. The van der Waals surface area contributed by atoms with Gasteiger partial charge in [-0.2, -0.15) is 4.80 Å². The molecule has 1 aliphatic heterocycles. The van der Waals surface area contributed by atoms with Crippen LogP contribution >= 0.6 is 0 Å². The monoisotopic (exact) mass is 542 g/mol. The Morgan fingerprint density at radius 1 is 1.23 bits per heavy atom. The molecular weight excluding hydrogens is 511 g/mol. The number of halogens is 1. The van der Waals surface area contributed by atoms with Crippen LogP contribution in [0.4, 0.5) is 9.18 Å². The zero-order valence-electron chi connectivity index (χ0n) is 22.5. The zero-order valence-corrected chi connectivity index (χ0v) is 22.5. The van der Waals surface area contributed by atoms with E-state index in [4.69, 9.17) is 14.2 Å². The lowest BCUT2D eigenvalue weighted by Gasteiger charge is -2.33. The smallest absolute Gasteiger partial charge is 0.410 e. The van der Waals surface area contributed by atoms with Gasteiger partial charge in [-0.3, -0.25) is 4.79 Å². The number of hydrogen-bond donors (Lipinski definition) is 1. The first-order chi connectivity index (χ1) is 18.5. The Bertz CT molecular complexity index is 1340. The lowest BCUT2D eigenvalue weighted by molar-refractivity contribution is -0.0497. The maximum absolute atomic E-state index is 13.6. The van der Waals surface area contributed by atoms with Crippen LogP contribution in [0, 0.1) is 12.7 Å². The fraction of sp³-hybridized carbons (Fsp3) is 0.480. The van der Waals surface area contributed by atoms with Crippen LogP contribution in [0.1, 0.15) is 42.6 Å². The highest BCUT2D eigenvalue weighted by molar-refractivity contribution is 5.93. The van der Waals surface area contributed by atoms with Crippen molar-refractivity contribution in [3.05, 3.63) is 47.2 Å². The molecule has 1 aliphatic rings. The maximum Gasteiger partial charge on any atom is 0.410 e. The Kier molecular flexibility index (Phi) is 8.33. The molecule has 208 valence electrons. The first kappa shape index (κ1) is 27.8. The van der Waals surface area contributed by atoms with E-state index in [0.29, 0.717) is 36.8 Å². The first-order valence-corrected chi connectivity index (χ1v) is 12.3. The topological polar surface area (TPSA) is 146 Å². The molecule has 0 spiro atoms. The Hall–Kier alpha value is -4.20. The normalized spacial score (nSPS) is 15.6. The van der Waals surface area contributed by atoms with Crippen molar-refractivity contribution >= 4 is 12.0 Å². The molecule has 14 heteroatoms. The molecule has 3 heterocycles. The van der Waals surface area contributed by atoms with Crippen LogP contribution in [0.25, 0.3) is 11.5 Å². The number of nitrogens with one attached hydrogen (secondary N) is 1. The number of rotatable bonds is 7. The Labute approximate surface area is 224 Å². The van der Waals surface area contributed by atoms with E-state index in [2.05, 4.69) is 30.7 Å². The Balaban J connectivity index is 1.40. The number of tetrazole rings is 1. The van der Waals surface area contributed by atoms with Crippen molar-refractivity contribution in [3.63, 3.8) is 0 Å². The van der Waals surface area contributed by atoms with Crippen molar-refractivity contribution < 1.29 is 28.2 Å². The second kappa shape index (κ2) is 11.7. The maximum atomic E-state index is 13.6. The number of aromatic nitrogens is 6. The largest absolute Gasteiger partial charge is 0.494 e. The molecule has 1 saturated heterocycles. The highest BCUT2D eigenvalue weighted by Gasteiger charge is 2.29. The molecule has 1 atom stereocenters. The highest BCUT2D eigenvalue weighted by atomic mass is 19.1. The van der Waals surface area contributed by atoms with Gasteiger partial charge in [-0.1, -0.05) is 6.07 Å². The van der Waals surface area contributed by atoms with Crippen LogP contribution in [-0.2, 0) is 22.6 Å². The molecule has 1 aromatic carbocycles. The predicted molar refractivity (Wildman–Crippen MR) is 135 cm³/mol. The molecule has 0 bridgehead atoms. The summed E-state index contributed by atoms with van der Waals surface area (Å²) in [7, 11) is 1.37. The van der Waals surface area contributed by atoms with Gasteiger partial charge in [0, 0.05) is 13.1 Å². The molecule has 39 heavy (non-hydrogen) atoms. The predicted octanol–water partition coefficient (Wildman–Crippen LogP) is 2.15. The summed E-state index contributed by atoms with van der Waals surface area (Å²) < 4.78 is 29.9. The standard InChI is InChI=1S/C25H31FN8O5/c1-15-28-19(11-20(29-15)23(35)27-12-16-6-7-18(26)21(10-16)37-5)22-30-32-34(31-22)14-17-13-33(8-9-38-17)24(36)39-25(2,3)4/h6-7,10-11,17H,8-9,12-14H2,1-5H3,(H,27,35). The number of carbonyl (C=O) groups is 2. The van der Waals surface area contributed by atoms with E-state index < -0.39 is 23.4 Å². The average Bonchev–Trinajstić information content (AvgIpc) is 3.35. The van der Waals surface area contributed by atoms with Crippen molar-refractivity contribution in [2.45, 2.75) is 52.5 Å². The fourth-order valence-electron chi connectivity index (χ4n) is 3.81. The third-order valence-electron chi connectivity index (χ3n) is 5.58. The lowest BCUT2D eigenvalue weighted by atomic mass is 10.2. The molecule has 1 fully saturated rings. The molecule has 1 unspecified atom stereocenters. The summed E-state index contributed by atoms with van der Waals surface area (Å²) >= 11 is 0. The molecule has 2 aromatic heterocycles. The number of benzene rings is 1. The number of morpholine rings is 1. The van der Waals surface area contributed by atoms with Crippen molar-refractivity contribution in [1.29, 1.82) is 0 Å². The number of carbonyl (C=O) groups excluding carboxylic acids is 2. The molecule has 4 rings (SSSR count). The number of nitrogens with zero attached hydrogens (tertiary/aromatic N) is 7. The van der Waals surface area contributed by atoms with Gasteiger partial charge in [-0.05, 0) is 56.7 Å². The molecule has 0 saturated carbocycles. The van der Waals surface area contributed by atoms with Gasteiger partial charge in [-0.25, -0.2) is 19.2 Å². The number of methoxy groups -OCH3 is 1. The van der Waals surface area contributed by atoms with Crippen molar-refractivity contribution in [2.24, 2.45) is 0 Å². The van der Waals surface area contributed by atoms with E-state index in [0.717, 1.165) is 0 Å². The SMILES string of the molecule is COc1cc(CNC(=O)c2cc(-c3nnn(CC4CN(C(=O)OC(C)(C)C)CCO4)n3)nc(C)n2)ccc1F. The van der Waals surface area contributed by atoms with Gasteiger partial charge in [0.2, 0.25) is 5.82 Å². The Morgan fingerprint density at radius 3 is 2.77 bits per heavy atom. The third kappa shape index (κ3) is 7.44. The number of aryl methyl sites for hydroxylation is 1. The minimum Gasteiger partial charge on any atom is -0.494 e. The van der Waals surface area contributed by atoms with Gasteiger partial charge in [-0.15, -0.1) is 10.2 Å². The summed E-state index contributed by atoms with van der Waals surface area (Å²) in [6.45, 7) is 8.61. The molecular formula is C25H31FN8O5. The summed E-state index contributed by atoms with van der Waals surface area (Å²) in [5.74, 6) is -0.291. The van der Waals surface area contributed by atoms with Crippen molar-refractivity contribution in [1.82, 2.24) is 40.4 Å². The van der Waals surface area contributed by atoms with Crippen LogP contribution in [0.5, 0.6) is 5.75 Å². The fourth-order valence-corrected chi connectivity index (χ4v) is 3.81. The van der Waals surface area contributed by atoms with Gasteiger partial charge in [0.05, 0.1) is 32.9 Å². The summed E-state index contributed by atoms with van der Waals surface area (Å²) in [5, 5.41) is 15.3. The summed E-state index contributed by atoms with van der Waals surface area (Å²) in [6, 6.07) is 5.81. The summed E-state index contributed by atoms with van der Waals surface area (Å²) in [4.78, 5) is 36.7. The second-order valence-corrected chi connectivity index (χ2v) is 9.92. The number of ether oxygens (including phenoxy) is 3. The summed E-state index contributed by atoms with van der Waals surface area (Å²) in [6.07, 6.45) is -0.754. The van der Waals surface area contributed by atoms with E-state index in [-0.39, 0.29) is 36.5 Å². The van der Waals surface area contributed by atoms with Gasteiger partial charge in [0.25, 0.3) is 5.91 Å². The van der Waals surface area contributed by atoms with E-state index >= 15 is 0 Å². The van der Waals surface area contributed by atoms with Crippen LogP contribution in [0.15, 0.2) is 24.3 Å². The lowest BCUT2D eigenvalue weighted by Crippen LogP contribution is -2.48. The molecule has 13 nitrogen and oxygen atoms in total. The molecule has 1 N–H and O–H groups in total. The first-order valence-electron chi connectivity index (χ1n) is 12.3. The molecule has 2 amide bonds. The third-order valence-corrected chi connectivity index (χ3v) is 5.58. The number of amides is 2. The van der Waals surface area contributed by atoms with Gasteiger partial charge in [0.15, 0.2) is 11.6 Å². The highest BCUT2D eigenvalue weighted by Crippen LogP contribution is 2.19. The van der Waals surface area contributed by atoms with Gasteiger partial charge in [0.1, 0.15) is 22.8 Å². The molecule has 3 aromatic rings. The zero-order chi connectivity index (χ0) is 28.2. The van der Waals surface area contributed by atoms with Crippen molar-refractivity contribution in [3.8, 4) is 17.3 Å². The van der Waals surface area contributed by atoms with Gasteiger partial charge < -0.3 is 24.4 Å². The van der Waals surface area contributed by atoms with Crippen LogP contribution < -0.4 is 10.1 Å². The molecule has 0 radical (unpaired) electrons. The van der Waals surface area contributed by atoms with E-state index in [1.165, 1.54) is 30.1 Å². The van der Waals surface area contributed by atoms with Crippen LogP contribution in [0.3, 0.4) is 0 Å².